The van der Waals surface area contributed by atoms with E-state index in [1.807, 2.05) is 13.8 Å². The normalized spacial score (nSPS) is 13.5. The second-order valence-electron chi connectivity index (χ2n) is 4.67. The molecule has 1 atom stereocenters. The van der Waals surface area contributed by atoms with Crippen molar-refractivity contribution in [1.82, 2.24) is 4.72 Å². The molecule has 0 aliphatic carbocycles. The zero-order valence-corrected chi connectivity index (χ0v) is 13.8. The molecule has 0 bridgehead atoms. The predicted octanol–water partition coefficient (Wildman–Crippen LogP) is 2.72. The van der Waals surface area contributed by atoms with Crippen molar-refractivity contribution in [3.63, 3.8) is 0 Å². The lowest BCUT2D eigenvalue weighted by atomic mass is 10.2. The van der Waals surface area contributed by atoms with Crippen molar-refractivity contribution in [3.05, 3.63) is 27.7 Å². The van der Waals surface area contributed by atoms with Crippen LogP contribution in [-0.2, 0) is 16.6 Å². The van der Waals surface area contributed by atoms with Crippen LogP contribution in [0.2, 0.25) is 0 Å². The first-order valence-electron chi connectivity index (χ1n) is 6.24. The van der Waals surface area contributed by atoms with Gasteiger partial charge >= 0.3 is 0 Å². The van der Waals surface area contributed by atoms with Gasteiger partial charge in [0.25, 0.3) is 0 Å². The molecule has 0 radical (unpaired) electrons. The van der Waals surface area contributed by atoms with E-state index in [4.69, 9.17) is 0 Å². The van der Waals surface area contributed by atoms with Crippen molar-refractivity contribution in [2.75, 3.05) is 0 Å². The van der Waals surface area contributed by atoms with Gasteiger partial charge in [0.05, 0.1) is 11.5 Å². The number of rotatable bonds is 6. The van der Waals surface area contributed by atoms with Crippen molar-refractivity contribution in [2.24, 2.45) is 0 Å². The van der Waals surface area contributed by atoms with Crippen LogP contribution in [0.25, 0.3) is 0 Å². The fraction of sp³-hybridized carbons (Fsp3) is 0.538. The minimum absolute atomic E-state index is 0.106. The quantitative estimate of drug-likeness (QED) is 0.829. The van der Waals surface area contributed by atoms with Crippen molar-refractivity contribution in [3.8, 4) is 0 Å². The van der Waals surface area contributed by atoms with Gasteiger partial charge in [0.2, 0.25) is 10.0 Å². The number of benzene rings is 1. The number of aliphatic hydroxyl groups excluding tert-OH is 1. The van der Waals surface area contributed by atoms with Gasteiger partial charge in [-0.05, 0) is 43.5 Å². The number of hydrogen-bond acceptors (Lipinski definition) is 3. The molecule has 1 rings (SSSR count). The first kappa shape index (κ1) is 16.6. The Bertz CT molecular complexity index is 543. The lowest BCUT2D eigenvalue weighted by Gasteiger charge is -2.16. The maximum Gasteiger partial charge on any atom is 0.241 e. The molecule has 0 saturated carbocycles. The molecule has 0 aromatic heterocycles. The maximum atomic E-state index is 12.3. The lowest BCUT2D eigenvalue weighted by molar-refractivity contribution is 0.281. The summed E-state index contributed by atoms with van der Waals surface area (Å²) in [6.45, 7) is 5.41. The molecule has 6 heteroatoms. The summed E-state index contributed by atoms with van der Waals surface area (Å²) in [7, 11) is -3.56. The Balaban J connectivity index is 3.17. The van der Waals surface area contributed by atoms with Gasteiger partial charge in [-0.3, -0.25) is 0 Å². The Hall–Kier alpha value is -0.430. The molecule has 0 fully saturated rings. The van der Waals surface area contributed by atoms with E-state index in [2.05, 4.69) is 20.7 Å². The fourth-order valence-electron chi connectivity index (χ4n) is 1.90. The molecule has 0 aliphatic rings. The fourth-order valence-corrected chi connectivity index (χ4v) is 4.13. The average Bonchev–Trinajstić information content (AvgIpc) is 2.31. The highest BCUT2D eigenvalue weighted by Crippen LogP contribution is 2.26. The summed E-state index contributed by atoms with van der Waals surface area (Å²) < 4.78 is 28.0. The summed E-state index contributed by atoms with van der Waals surface area (Å²) in [5.41, 5.74) is 1.22. The number of aliphatic hydroxyl groups is 1. The van der Waals surface area contributed by atoms with Crippen LogP contribution >= 0.6 is 15.9 Å². The predicted molar refractivity (Wildman–Crippen MR) is 79.5 cm³/mol. The Morgan fingerprint density at radius 2 is 2.05 bits per heavy atom. The minimum Gasteiger partial charge on any atom is -0.392 e. The van der Waals surface area contributed by atoms with E-state index in [1.54, 1.807) is 13.0 Å². The third-order valence-corrected chi connectivity index (χ3v) is 5.45. The molecule has 19 heavy (non-hydrogen) atoms. The number of nitrogens with one attached hydrogen (secondary N) is 1. The van der Waals surface area contributed by atoms with Crippen molar-refractivity contribution in [1.29, 1.82) is 0 Å². The van der Waals surface area contributed by atoms with Gasteiger partial charge in [0.1, 0.15) is 0 Å². The largest absolute Gasteiger partial charge is 0.392 e. The van der Waals surface area contributed by atoms with Crippen molar-refractivity contribution in [2.45, 2.75) is 51.2 Å². The minimum atomic E-state index is -3.56. The van der Waals surface area contributed by atoms with Crippen LogP contribution in [0.4, 0.5) is 0 Å². The van der Waals surface area contributed by atoms with Crippen LogP contribution in [0, 0.1) is 6.92 Å². The van der Waals surface area contributed by atoms with Crippen molar-refractivity contribution >= 4 is 26.0 Å². The van der Waals surface area contributed by atoms with Crippen LogP contribution in [0.3, 0.4) is 0 Å². The highest BCUT2D eigenvalue weighted by molar-refractivity contribution is 9.10. The van der Waals surface area contributed by atoms with E-state index in [0.717, 1.165) is 12.8 Å². The molecule has 0 aliphatic heterocycles. The molecular weight excluding hydrogens is 330 g/mol. The first-order chi connectivity index (χ1) is 8.81. The van der Waals surface area contributed by atoms with Crippen LogP contribution in [0.5, 0.6) is 0 Å². The summed E-state index contributed by atoms with van der Waals surface area (Å²) in [6.07, 6.45) is 1.71. The average molecular weight is 350 g/mol. The summed E-state index contributed by atoms with van der Waals surface area (Å²) in [4.78, 5) is 0.217. The Morgan fingerprint density at radius 3 is 2.58 bits per heavy atom. The van der Waals surface area contributed by atoms with Crippen molar-refractivity contribution < 1.29 is 13.5 Å². The number of hydrogen-bond donors (Lipinski definition) is 2. The Morgan fingerprint density at radius 1 is 1.42 bits per heavy atom. The number of halogens is 1. The molecule has 1 unspecified atom stereocenters. The van der Waals surface area contributed by atoms with Gasteiger partial charge in [-0.25, -0.2) is 13.1 Å². The van der Waals surface area contributed by atoms with Crippen LogP contribution in [0.15, 0.2) is 21.5 Å². The standard InChI is InChI=1S/C13H20BrNO3S/c1-4-5-9(2)15-19(17,18)13-7-11(8-16)6-12(14)10(13)3/h6-7,9,15-16H,4-5,8H2,1-3H3. The molecule has 0 saturated heterocycles. The zero-order chi connectivity index (χ0) is 14.6. The Labute approximate surface area is 123 Å². The summed E-state index contributed by atoms with van der Waals surface area (Å²) in [5, 5.41) is 9.17. The van der Waals surface area contributed by atoms with Gasteiger partial charge in [-0.15, -0.1) is 0 Å². The highest BCUT2D eigenvalue weighted by Gasteiger charge is 2.21. The molecule has 1 aromatic rings. The van der Waals surface area contributed by atoms with Crippen LogP contribution in [-0.4, -0.2) is 19.6 Å². The second kappa shape index (κ2) is 6.83. The molecule has 1 aromatic carbocycles. The summed E-state index contributed by atoms with van der Waals surface area (Å²) >= 11 is 3.32. The zero-order valence-electron chi connectivity index (χ0n) is 11.4. The van der Waals surface area contributed by atoms with E-state index < -0.39 is 10.0 Å². The molecule has 0 heterocycles. The summed E-state index contributed by atoms with van der Waals surface area (Å²) in [5.74, 6) is 0. The van der Waals surface area contributed by atoms with E-state index in [1.165, 1.54) is 6.07 Å². The second-order valence-corrected chi connectivity index (χ2v) is 7.21. The van der Waals surface area contributed by atoms with Gasteiger partial charge in [-0.2, -0.15) is 0 Å². The van der Waals surface area contributed by atoms with E-state index >= 15 is 0 Å². The smallest absolute Gasteiger partial charge is 0.241 e. The monoisotopic (exact) mass is 349 g/mol. The van der Waals surface area contributed by atoms with Crippen LogP contribution < -0.4 is 4.72 Å². The van der Waals surface area contributed by atoms with Gasteiger partial charge < -0.3 is 5.11 Å². The molecule has 0 amide bonds. The maximum absolute atomic E-state index is 12.3. The topological polar surface area (TPSA) is 66.4 Å². The molecule has 2 N–H and O–H groups in total. The van der Waals surface area contributed by atoms with E-state index in [0.29, 0.717) is 15.6 Å². The molecular formula is C13H20BrNO3S. The van der Waals surface area contributed by atoms with Gasteiger partial charge in [0.15, 0.2) is 0 Å². The molecule has 0 spiro atoms. The third-order valence-electron chi connectivity index (χ3n) is 2.91. The summed E-state index contributed by atoms with van der Waals surface area (Å²) in [6, 6.07) is 3.14. The third kappa shape index (κ3) is 4.27. The molecule has 108 valence electrons. The van der Waals surface area contributed by atoms with E-state index in [-0.39, 0.29) is 17.5 Å². The SMILES string of the molecule is CCCC(C)NS(=O)(=O)c1cc(CO)cc(Br)c1C. The number of sulfonamides is 1. The highest BCUT2D eigenvalue weighted by atomic mass is 79.9. The Kier molecular flexibility index (Phi) is 5.98. The first-order valence-corrected chi connectivity index (χ1v) is 8.51. The lowest BCUT2D eigenvalue weighted by Crippen LogP contribution is -2.33. The van der Waals surface area contributed by atoms with E-state index in [9.17, 15) is 13.5 Å². The van der Waals surface area contributed by atoms with Crippen LogP contribution in [0.1, 0.15) is 37.8 Å². The molecule has 4 nitrogen and oxygen atoms in total. The van der Waals surface area contributed by atoms with Gasteiger partial charge in [-0.1, -0.05) is 29.3 Å². The van der Waals surface area contributed by atoms with Gasteiger partial charge in [0, 0.05) is 10.5 Å².